The van der Waals surface area contributed by atoms with Gasteiger partial charge in [0, 0.05) is 5.92 Å². The van der Waals surface area contributed by atoms with Gasteiger partial charge in [-0.1, -0.05) is 170 Å². The van der Waals surface area contributed by atoms with Crippen LogP contribution in [0.2, 0.25) is 0 Å². The summed E-state index contributed by atoms with van der Waals surface area (Å²) in [6.07, 6.45) is 28.0. The van der Waals surface area contributed by atoms with Crippen molar-refractivity contribution in [3.05, 3.63) is 0 Å². The Hall–Kier alpha value is -1.63. The van der Waals surface area contributed by atoms with Crippen molar-refractivity contribution < 1.29 is 23.9 Å². The Morgan fingerprint density at radius 2 is 0.840 bits per heavy atom. The summed E-state index contributed by atoms with van der Waals surface area (Å²) in [7, 11) is 0. The minimum absolute atomic E-state index is 0.0291. The Labute approximate surface area is 310 Å². The number of nitrogens with zero attached hydrogens (tertiary/aromatic N) is 1. The molecule has 0 aromatic rings. The zero-order valence-electron chi connectivity index (χ0n) is 34.1. The fraction of sp³-hybridized carbons (Fsp3) is 0.930. The van der Waals surface area contributed by atoms with E-state index >= 15 is 0 Å². The van der Waals surface area contributed by atoms with E-state index in [2.05, 4.69) is 39.9 Å². The van der Waals surface area contributed by atoms with E-state index in [1.54, 1.807) is 4.90 Å². The minimum atomic E-state index is -0.168. The Morgan fingerprint density at radius 3 is 1.20 bits per heavy atom. The van der Waals surface area contributed by atoms with Crippen molar-refractivity contribution in [1.82, 2.24) is 10.2 Å². The molecule has 0 heterocycles. The van der Waals surface area contributed by atoms with Crippen LogP contribution in [-0.4, -0.2) is 62.1 Å². The van der Waals surface area contributed by atoms with Crippen LogP contribution in [0.1, 0.15) is 202 Å². The van der Waals surface area contributed by atoms with Gasteiger partial charge < -0.3 is 19.7 Å². The number of carbonyl (C=O) groups excluding carboxylic acids is 3. The molecule has 0 aromatic carbocycles. The van der Waals surface area contributed by atoms with Crippen LogP contribution < -0.4 is 5.32 Å². The molecule has 296 valence electrons. The number of nitrogens with one attached hydrogen (secondary N) is 1. The quantitative estimate of drug-likeness (QED) is 0.0511. The number of rotatable bonds is 37. The fourth-order valence-corrected chi connectivity index (χ4v) is 6.75. The van der Waals surface area contributed by atoms with Gasteiger partial charge >= 0.3 is 11.9 Å². The topological polar surface area (TPSA) is 84.9 Å². The van der Waals surface area contributed by atoms with E-state index in [1.807, 2.05) is 6.92 Å². The van der Waals surface area contributed by atoms with Gasteiger partial charge in [-0.25, -0.2) is 0 Å². The smallest absolute Gasteiger partial charge is 0.308 e. The molecule has 3 unspecified atom stereocenters. The van der Waals surface area contributed by atoms with E-state index in [9.17, 15) is 14.4 Å². The third-order valence-corrected chi connectivity index (χ3v) is 10.2. The maximum atomic E-state index is 13.6. The summed E-state index contributed by atoms with van der Waals surface area (Å²) >= 11 is 0. The summed E-state index contributed by atoms with van der Waals surface area (Å²) in [5, 5.41) is 3.32. The molecule has 1 amide bonds. The van der Waals surface area contributed by atoms with Gasteiger partial charge in [-0.3, -0.25) is 14.4 Å². The zero-order chi connectivity index (χ0) is 37.1. The lowest BCUT2D eigenvalue weighted by atomic mass is 9.94. The third-order valence-electron chi connectivity index (χ3n) is 10.2. The second kappa shape index (κ2) is 35.8. The summed E-state index contributed by atoms with van der Waals surface area (Å²) in [5.74, 6) is -0.504. The monoisotopic (exact) mass is 709 g/mol. The number of amides is 1. The van der Waals surface area contributed by atoms with Gasteiger partial charge in [0.25, 0.3) is 0 Å². The normalized spacial score (nSPS) is 13.2. The highest BCUT2D eigenvalue weighted by molar-refractivity contribution is 5.78. The number of hydrogen-bond donors (Lipinski definition) is 1. The first kappa shape index (κ1) is 48.4. The summed E-state index contributed by atoms with van der Waals surface area (Å²) < 4.78 is 11.7. The van der Waals surface area contributed by atoms with Crippen molar-refractivity contribution in [3.8, 4) is 0 Å². The van der Waals surface area contributed by atoms with E-state index < -0.39 is 0 Å². The van der Waals surface area contributed by atoms with Crippen LogP contribution in [0.15, 0.2) is 0 Å². The molecule has 0 aromatic heterocycles. The Morgan fingerprint density at radius 1 is 0.500 bits per heavy atom. The van der Waals surface area contributed by atoms with Crippen molar-refractivity contribution in [2.45, 2.75) is 202 Å². The average Bonchev–Trinajstić information content (AvgIpc) is 3.11. The minimum Gasteiger partial charge on any atom is -0.464 e. The van der Waals surface area contributed by atoms with Crippen molar-refractivity contribution in [2.75, 3.05) is 39.4 Å². The maximum Gasteiger partial charge on any atom is 0.308 e. The molecule has 0 aliphatic heterocycles. The summed E-state index contributed by atoms with van der Waals surface area (Å²) in [6, 6.07) is 0. The van der Waals surface area contributed by atoms with Gasteiger partial charge in [0.1, 0.15) is 13.2 Å². The molecule has 0 saturated heterocycles. The molecule has 0 spiro atoms. The molecule has 0 rings (SSSR count). The molecule has 0 aliphatic carbocycles. The predicted octanol–water partition coefficient (Wildman–Crippen LogP) is 11.2. The molecule has 3 atom stereocenters. The molecule has 7 heteroatoms. The van der Waals surface area contributed by atoms with Crippen LogP contribution in [0.4, 0.5) is 0 Å². The van der Waals surface area contributed by atoms with E-state index in [4.69, 9.17) is 9.47 Å². The Kier molecular flexibility index (Phi) is 34.6. The lowest BCUT2D eigenvalue weighted by Gasteiger charge is -2.26. The van der Waals surface area contributed by atoms with Crippen molar-refractivity contribution in [2.24, 2.45) is 17.8 Å². The number of hydrogen-bond acceptors (Lipinski definition) is 6. The first-order chi connectivity index (χ1) is 24.4. The first-order valence-electron chi connectivity index (χ1n) is 21.7. The summed E-state index contributed by atoms with van der Waals surface area (Å²) in [6.45, 7) is 15.6. The van der Waals surface area contributed by atoms with Crippen LogP contribution >= 0.6 is 0 Å². The third kappa shape index (κ3) is 27.1. The van der Waals surface area contributed by atoms with Crippen molar-refractivity contribution in [1.29, 1.82) is 0 Å². The van der Waals surface area contributed by atoms with Gasteiger partial charge in [0.15, 0.2) is 0 Å². The molecule has 50 heavy (non-hydrogen) atoms. The van der Waals surface area contributed by atoms with Crippen LogP contribution in [0, 0.1) is 17.8 Å². The number of ether oxygens (including phenoxy) is 2. The number of carbonyl (C=O) groups is 3. The predicted molar refractivity (Wildman–Crippen MR) is 211 cm³/mol. The van der Waals surface area contributed by atoms with Crippen molar-refractivity contribution in [3.63, 3.8) is 0 Å². The van der Waals surface area contributed by atoms with Gasteiger partial charge in [0.05, 0.1) is 24.9 Å². The SMILES string of the molecule is CCCCCCCCC(CCCCCC)C(=O)OCCN(CCOC(=O)C(CCCCCC)CCCCCCCC)C(=O)C(C)CCNCC. The molecule has 0 aliphatic rings. The highest BCUT2D eigenvalue weighted by atomic mass is 16.5. The molecular weight excluding hydrogens is 624 g/mol. The lowest BCUT2D eigenvalue weighted by Crippen LogP contribution is -2.41. The average molecular weight is 709 g/mol. The summed E-state index contributed by atoms with van der Waals surface area (Å²) in [5.41, 5.74) is 0. The molecule has 0 saturated carbocycles. The zero-order valence-corrected chi connectivity index (χ0v) is 34.1. The largest absolute Gasteiger partial charge is 0.464 e. The number of esters is 2. The summed E-state index contributed by atoms with van der Waals surface area (Å²) in [4.78, 5) is 41.9. The molecule has 0 fully saturated rings. The molecule has 0 bridgehead atoms. The van der Waals surface area contributed by atoms with Crippen molar-refractivity contribution >= 4 is 17.8 Å². The van der Waals surface area contributed by atoms with Crippen LogP contribution in [0.3, 0.4) is 0 Å². The lowest BCUT2D eigenvalue weighted by molar-refractivity contribution is -0.153. The second-order valence-corrected chi connectivity index (χ2v) is 14.9. The van der Waals surface area contributed by atoms with Gasteiger partial charge in [-0.05, 0) is 45.2 Å². The van der Waals surface area contributed by atoms with Crippen LogP contribution in [-0.2, 0) is 23.9 Å². The van der Waals surface area contributed by atoms with Crippen LogP contribution in [0.5, 0.6) is 0 Å². The van der Waals surface area contributed by atoms with Crippen LogP contribution in [0.25, 0.3) is 0 Å². The Bertz CT molecular complexity index is 741. The molecule has 1 N–H and O–H groups in total. The van der Waals surface area contributed by atoms with E-state index in [1.165, 1.54) is 89.9 Å². The second-order valence-electron chi connectivity index (χ2n) is 14.9. The Balaban J connectivity index is 5.27. The van der Waals surface area contributed by atoms with E-state index in [0.29, 0.717) is 13.1 Å². The molecule has 0 radical (unpaired) electrons. The van der Waals surface area contributed by atoms with Gasteiger partial charge in [0.2, 0.25) is 5.91 Å². The van der Waals surface area contributed by atoms with E-state index in [-0.39, 0.29) is 48.8 Å². The van der Waals surface area contributed by atoms with Gasteiger partial charge in [-0.15, -0.1) is 0 Å². The number of unbranched alkanes of at least 4 members (excludes halogenated alkanes) is 16. The van der Waals surface area contributed by atoms with Gasteiger partial charge in [-0.2, -0.15) is 0 Å². The first-order valence-corrected chi connectivity index (χ1v) is 21.7. The van der Waals surface area contributed by atoms with E-state index in [0.717, 1.165) is 83.7 Å². The fourth-order valence-electron chi connectivity index (χ4n) is 6.75. The highest BCUT2D eigenvalue weighted by Crippen LogP contribution is 2.22. The molecular formula is C43H84N2O5. The standard InChI is InChI=1S/C43H84N2O5/c1-7-12-16-20-22-26-30-39(28-24-18-14-9-3)42(47)49-36-34-45(41(46)38(6)32-33-44-11-5)35-37-50-43(48)40(29-25-19-15-10-4)31-27-23-21-17-13-8-2/h38-40,44H,7-37H2,1-6H3. The molecule has 7 nitrogen and oxygen atoms in total. The maximum absolute atomic E-state index is 13.6. The highest BCUT2D eigenvalue weighted by Gasteiger charge is 2.24.